The van der Waals surface area contributed by atoms with E-state index < -0.39 is 0 Å². The summed E-state index contributed by atoms with van der Waals surface area (Å²) in [4.78, 5) is 12.2. The summed E-state index contributed by atoms with van der Waals surface area (Å²) in [5.74, 6) is 0.124. The largest absolute Gasteiger partial charge is 0.354 e. The molecule has 20 heavy (non-hydrogen) atoms. The minimum Gasteiger partial charge on any atom is -0.354 e. The molecule has 1 aromatic rings. The fourth-order valence-corrected chi connectivity index (χ4v) is 2.84. The van der Waals surface area contributed by atoms with Crippen LogP contribution in [-0.2, 0) is 18.3 Å². The van der Waals surface area contributed by atoms with Gasteiger partial charge in [-0.1, -0.05) is 6.92 Å². The van der Waals surface area contributed by atoms with E-state index in [1.807, 2.05) is 25.6 Å². The molecule has 1 saturated heterocycles. The van der Waals surface area contributed by atoms with Gasteiger partial charge in [0.15, 0.2) is 0 Å². The summed E-state index contributed by atoms with van der Waals surface area (Å²) in [5, 5.41) is 10.9. The molecule has 2 N–H and O–H groups in total. The lowest BCUT2D eigenvalue weighted by atomic mass is 9.99. The van der Waals surface area contributed by atoms with Crippen LogP contribution < -0.4 is 10.6 Å². The number of nitrogens with one attached hydrogen (secondary N) is 2. The van der Waals surface area contributed by atoms with E-state index in [1.165, 1.54) is 12.0 Å². The van der Waals surface area contributed by atoms with Gasteiger partial charge in [-0.2, -0.15) is 5.10 Å². The fraction of sp³-hybridized carbons (Fsp3) is 0.733. The van der Waals surface area contributed by atoms with Gasteiger partial charge in [0.1, 0.15) is 0 Å². The van der Waals surface area contributed by atoms with Crippen molar-refractivity contribution in [1.29, 1.82) is 0 Å². The molecule has 0 spiro atoms. The monoisotopic (exact) mass is 278 g/mol. The van der Waals surface area contributed by atoms with Gasteiger partial charge in [-0.05, 0) is 45.2 Å². The van der Waals surface area contributed by atoms with Gasteiger partial charge in [-0.25, -0.2) is 0 Å². The highest BCUT2D eigenvalue weighted by Crippen LogP contribution is 2.17. The average Bonchev–Trinajstić information content (AvgIpc) is 3.00. The highest BCUT2D eigenvalue weighted by atomic mass is 16.1. The Morgan fingerprint density at radius 3 is 2.85 bits per heavy atom. The number of nitrogens with zero attached hydrogens (tertiary/aromatic N) is 2. The Balaban J connectivity index is 1.86. The van der Waals surface area contributed by atoms with Crippen LogP contribution in [0, 0.1) is 19.8 Å². The summed E-state index contributed by atoms with van der Waals surface area (Å²) in [6.45, 7) is 7.87. The molecule has 1 fully saturated rings. The number of hydrogen-bond acceptors (Lipinski definition) is 3. The Kier molecular flexibility index (Phi) is 4.81. The van der Waals surface area contributed by atoms with Crippen LogP contribution in [0.25, 0.3) is 0 Å². The minimum absolute atomic E-state index is 0.0157. The van der Waals surface area contributed by atoms with Crippen LogP contribution >= 0.6 is 0 Å². The van der Waals surface area contributed by atoms with Crippen LogP contribution in [0.5, 0.6) is 0 Å². The molecular formula is C15H26N4O. The molecule has 5 nitrogen and oxygen atoms in total. The molecule has 0 aromatic carbocycles. The smallest absolute Gasteiger partial charge is 0.223 e. The van der Waals surface area contributed by atoms with E-state index in [2.05, 4.69) is 22.7 Å². The maximum atomic E-state index is 12.2. The lowest BCUT2D eigenvalue weighted by Gasteiger charge is -2.15. The fourth-order valence-electron chi connectivity index (χ4n) is 2.84. The predicted molar refractivity (Wildman–Crippen MR) is 79.6 cm³/mol. The van der Waals surface area contributed by atoms with E-state index in [0.717, 1.165) is 37.3 Å². The van der Waals surface area contributed by atoms with E-state index in [0.29, 0.717) is 6.04 Å². The maximum Gasteiger partial charge on any atom is 0.223 e. The normalized spacial score (nSPS) is 20.1. The van der Waals surface area contributed by atoms with Gasteiger partial charge in [0.2, 0.25) is 5.91 Å². The number of aromatic nitrogens is 2. The molecule has 1 aliphatic rings. The molecule has 2 heterocycles. The molecule has 0 aliphatic carbocycles. The van der Waals surface area contributed by atoms with Gasteiger partial charge in [0.05, 0.1) is 5.69 Å². The van der Waals surface area contributed by atoms with Crippen molar-refractivity contribution in [3.05, 3.63) is 17.0 Å². The van der Waals surface area contributed by atoms with E-state index in [4.69, 9.17) is 0 Å². The number of carbonyl (C=O) groups excluding carboxylic acids is 1. The summed E-state index contributed by atoms with van der Waals surface area (Å²) in [6, 6.07) is 0.452. The summed E-state index contributed by atoms with van der Waals surface area (Å²) < 4.78 is 1.89. The molecule has 2 unspecified atom stereocenters. The van der Waals surface area contributed by atoms with Crippen molar-refractivity contribution >= 4 is 5.91 Å². The minimum atomic E-state index is -0.0157. The van der Waals surface area contributed by atoms with Gasteiger partial charge in [-0.15, -0.1) is 0 Å². The predicted octanol–water partition coefficient (Wildman–Crippen LogP) is 1.08. The quantitative estimate of drug-likeness (QED) is 0.847. The molecule has 2 rings (SSSR count). The topological polar surface area (TPSA) is 59.0 Å². The number of amides is 1. The molecule has 0 bridgehead atoms. The van der Waals surface area contributed by atoms with Crippen LogP contribution in [0.2, 0.25) is 0 Å². The Morgan fingerprint density at radius 1 is 1.55 bits per heavy atom. The third kappa shape index (κ3) is 3.39. The summed E-state index contributed by atoms with van der Waals surface area (Å²) in [7, 11) is 1.95. The molecule has 0 saturated carbocycles. The van der Waals surface area contributed by atoms with Crippen LogP contribution in [0.1, 0.15) is 36.7 Å². The van der Waals surface area contributed by atoms with Crippen LogP contribution in [-0.4, -0.2) is 34.8 Å². The molecule has 1 amide bonds. The molecule has 1 aromatic heterocycles. The third-order valence-electron chi connectivity index (χ3n) is 4.30. The first-order chi connectivity index (χ1) is 9.49. The second-order valence-electron chi connectivity index (χ2n) is 5.92. The molecule has 1 aliphatic heterocycles. The second kappa shape index (κ2) is 6.39. The third-order valence-corrected chi connectivity index (χ3v) is 4.30. The van der Waals surface area contributed by atoms with E-state index in [1.54, 1.807) is 0 Å². The van der Waals surface area contributed by atoms with Crippen molar-refractivity contribution in [3.8, 4) is 0 Å². The van der Waals surface area contributed by atoms with Crippen molar-refractivity contribution in [1.82, 2.24) is 20.4 Å². The van der Waals surface area contributed by atoms with Crippen molar-refractivity contribution in [2.75, 3.05) is 13.1 Å². The molecule has 112 valence electrons. The molecule has 5 heteroatoms. The van der Waals surface area contributed by atoms with Gasteiger partial charge in [-0.3, -0.25) is 9.48 Å². The zero-order valence-electron chi connectivity index (χ0n) is 13.0. The maximum absolute atomic E-state index is 12.2. The molecule has 2 atom stereocenters. The SMILES string of the molecule is Cc1nn(C)c(C)c1CC(C)C(=O)NCC1CCCN1. The Hall–Kier alpha value is -1.36. The first-order valence-corrected chi connectivity index (χ1v) is 7.49. The second-order valence-corrected chi connectivity index (χ2v) is 5.92. The first-order valence-electron chi connectivity index (χ1n) is 7.49. The zero-order valence-corrected chi connectivity index (χ0v) is 13.0. The zero-order chi connectivity index (χ0) is 14.7. The lowest BCUT2D eigenvalue weighted by Crippen LogP contribution is -2.39. The summed E-state index contributed by atoms with van der Waals surface area (Å²) >= 11 is 0. The van der Waals surface area contributed by atoms with Crippen molar-refractivity contribution in [2.24, 2.45) is 13.0 Å². The van der Waals surface area contributed by atoms with E-state index >= 15 is 0 Å². The number of hydrogen-bond donors (Lipinski definition) is 2. The summed E-state index contributed by atoms with van der Waals surface area (Å²) in [5.41, 5.74) is 3.39. The average molecular weight is 278 g/mol. The molecular weight excluding hydrogens is 252 g/mol. The van der Waals surface area contributed by atoms with Crippen molar-refractivity contribution < 1.29 is 4.79 Å². The number of aryl methyl sites for hydroxylation is 2. The van der Waals surface area contributed by atoms with Crippen LogP contribution in [0.4, 0.5) is 0 Å². The Morgan fingerprint density at radius 2 is 2.30 bits per heavy atom. The number of rotatable bonds is 5. The number of carbonyl (C=O) groups is 1. The highest BCUT2D eigenvalue weighted by Gasteiger charge is 2.20. The van der Waals surface area contributed by atoms with Crippen LogP contribution in [0.15, 0.2) is 0 Å². The van der Waals surface area contributed by atoms with Gasteiger partial charge in [0.25, 0.3) is 0 Å². The van der Waals surface area contributed by atoms with E-state index in [9.17, 15) is 4.79 Å². The standard InChI is InChI=1S/C15H26N4O/c1-10(8-14-11(2)18-19(4)12(14)3)15(20)17-9-13-6-5-7-16-13/h10,13,16H,5-9H2,1-4H3,(H,17,20). The first kappa shape index (κ1) is 15.0. The van der Waals surface area contributed by atoms with Gasteiger partial charge in [0, 0.05) is 31.2 Å². The summed E-state index contributed by atoms with van der Waals surface area (Å²) in [6.07, 6.45) is 3.13. The van der Waals surface area contributed by atoms with Crippen molar-refractivity contribution in [3.63, 3.8) is 0 Å². The van der Waals surface area contributed by atoms with E-state index in [-0.39, 0.29) is 11.8 Å². The van der Waals surface area contributed by atoms with Gasteiger partial charge < -0.3 is 10.6 Å². The van der Waals surface area contributed by atoms with Gasteiger partial charge >= 0.3 is 0 Å². The Labute approximate surface area is 121 Å². The van der Waals surface area contributed by atoms with Crippen molar-refractivity contribution in [2.45, 2.75) is 46.1 Å². The Bertz CT molecular complexity index is 474. The lowest BCUT2D eigenvalue weighted by molar-refractivity contribution is -0.124. The molecule has 0 radical (unpaired) electrons. The van der Waals surface area contributed by atoms with Crippen LogP contribution in [0.3, 0.4) is 0 Å². The highest BCUT2D eigenvalue weighted by molar-refractivity contribution is 5.78.